The van der Waals surface area contributed by atoms with E-state index < -0.39 is 17.9 Å². The van der Waals surface area contributed by atoms with Gasteiger partial charge in [-0.15, -0.1) is 0 Å². The minimum atomic E-state index is -0.903. The van der Waals surface area contributed by atoms with Crippen LogP contribution in [0.2, 0.25) is 0 Å². The molecule has 0 aliphatic carbocycles. The molecule has 0 atom stereocenters. The lowest BCUT2D eigenvalue weighted by Gasteiger charge is -2.10. The zero-order chi connectivity index (χ0) is 14.7. The van der Waals surface area contributed by atoms with E-state index >= 15 is 0 Å². The van der Waals surface area contributed by atoms with Gasteiger partial charge in [-0.05, 0) is 19.3 Å². The molecule has 0 fully saturated rings. The third kappa shape index (κ3) is 7.23. The summed E-state index contributed by atoms with van der Waals surface area (Å²) >= 11 is 0. The summed E-state index contributed by atoms with van der Waals surface area (Å²) < 4.78 is 13.6. The number of hydrogen-bond donors (Lipinski definition) is 0. The van der Waals surface area contributed by atoms with Gasteiger partial charge in [-0.2, -0.15) is 0 Å². The van der Waals surface area contributed by atoms with Crippen molar-refractivity contribution in [2.45, 2.75) is 25.7 Å². The minimum absolute atomic E-state index is 0.272. The van der Waals surface area contributed by atoms with Crippen LogP contribution in [0.5, 0.6) is 0 Å². The van der Waals surface area contributed by atoms with Crippen molar-refractivity contribution in [2.24, 2.45) is 5.92 Å². The van der Waals surface area contributed by atoms with E-state index in [1.165, 1.54) is 21.3 Å². The fraction of sp³-hybridized carbons (Fsp3) is 0.615. The Labute approximate surface area is 112 Å². The summed E-state index contributed by atoms with van der Waals surface area (Å²) in [6, 6.07) is 0. The summed E-state index contributed by atoms with van der Waals surface area (Å²) in [4.78, 5) is 33.5. The standard InChI is InChI=1S/C13H20O6/c1-17-11(14)9-7-5-4-6-8-10(12(15)18-2)13(16)19-3/h4-5,10H,6-9H2,1-3H3/b5-4+. The molecule has 0 radical (unpaired) electrons. The Morgan fingerprint density at radius 2 is 1.42 bits per heavy atom. The molecule has 6 heteroatoms. The molecule has 0 saturated carbocycles. The van der Waals surface area contributed by atoms with Crippen LogP contribution in [0.15, 0.2) is 12.2 Å². The fourth-order valence-corrected chi connectivity index (χ4v) is 1.42. The van der Waals surface area contributed by atoms with Crippen molar-refractivity contribution in [2.75, 3.05) is 21.3 Å². The van der Waals surface area contributed by atoms with Gasteiger partial charge in [-0.25, -0.2) is 0 Å². The predicted octanol–water partition coefficient (Wildman–Crippen LogP) is 1.24. The highest BCUT2D eigenvalue weighted by Crippen LogP contribution is 2.11. The Balaban J connectivity index is 4.06. The smallest absolute Gasteiger partial charge is 0.320 e. The normalized spacial score (nSPS) is 10.5. The molecule has 0 aliphatic heterocycles. The molecule has 0 heterocycles. The van der Waals surface area contributed by atoms with Crippen LogP contribution in [0.25, 0.3) is 0 Å². The van der Waals surface area contributed by atoms with Gasteiger partial charge >= 0.3 is 17.9 Å². The van der Waals surface area contributed by atoms with Crippen molar-refractivity contribution < 1.29 is 28.6 Å². The average molecular weight is 272 g/mol. The minimum Gasteiger partial charge on any atom is -0.469 e. The van der Waals surface area contributed by atoms with E-state index in [9.17, 15) is 14.4 Å². The summed E-state index contributed by atoms with van der Waals surface area (Å²) in [6.45, 7) is 0. The zero-order valence-corrected chi connectivity index (χ0v) is 11.5. The number of allylic oxidation sites excluding steroid dienone is 2. The van der Waals surface area contributed by atoms with Crippen LogP contribution in [0.1, 0.15) is 25.7 Å². The van der Waals surface area contributed by atoms with Crippen LogP contribution >= 0.6 is 0 Å². The van der Waals surface area contributed by atoms with Gasteiger partial charge in [0.05, 0.1) is 21.3 Å². The second-order valence-corrected chi connectivity index (χ2v) is 3.76. The zero-order valence-electron chi connectivity index (χ0n) is 11.5. The molecule has 0 rings (SSSR count). The van der Waals surface area contributed by atoms with E-state index in [1.54, 1.807) is 0 Å². The van der Waals surface area contributed by atoms with Gasteiger partial charge in [-0.3, -0.25) is 14.4 Å². The third-order valence-electron chi connectivity index (χ3n) is 2.50. The summed E-state index contributed by atoms with van der Waals surface area (Å²) in [6.07, 6.45) is 5.33. The molecule has 19 heavy (non-hydrogen) atoms. The van der Waals surface area contributed by atoms with E-state index in [2.05, 4.69) is 14.2 Å². The number of ether oxygens (including phenoxy) is 3. The average Bonchev–Trinajstić information content (AvgIpc) is 2.44. The number of rotatable bonds is 8. The Hall–Kier alpha value is -1.85. The highest BCUT2D eigenvalue weighted by atomic mass is 16.5. The van der Waals surface area contributed by atoms with E-state index in [4.69, 9.17) is 0 Å². The van der Waals surface area contributed by atoms with Crippen LogP contribution in [0.3, 0.4) is 0 Å². The first-order valence-corrected chi connectivity index (χ1v) is 5.94. The van der Waals surface area contributed by atoms with Gasteiger partial charge in [0, 0.05) is 6.42 Å². The number of esters is 3. The summed E-state index contributed by atoms with van der Waals surface area (Å²) in [5.74, 6) is -2.38. The Morgan fingerprint density at radius 3 is 1.89 bits per heavy atom. The van der Waals surface area contributed by atoms with Gasteiger partial charge in [0.2, 0.25) is 0 Å². The number of hydrogen-bond acceptors (Lipinski definition) is 6. The molecule has 0 N–H and O–H groups in total. The fourth-order valence-electron chi connectivity index (χ4n) is 1.42. The predicted molar refractivity (Wildman–Crippen MR) is 67.1 cm³/mol. The van der Waals surface area contributed by atoms with Gasteiger partial charge in [0.1, 0.15) is 0 Å². The van der Waals surface area contributed by atoms with Crippen molar-refractivity contribution in [3.05, 3.63) is 12.2 Å². The molecule has 0 aromatic carbocycles. The maximum atomic E-state index is 11.4. The lowest BCUT2D eigenvalue weighted by molar-refractivity contribution is -0.159. The summed E-state index contributed by atoms with van der Waals surface area (Å²) in [7, 11) is 3.79. The number of carbonyl (C=O) groups is 3. The largest absolute Gasteiger partial charge is 0.469 e. The first-order valence-electron chi connectivity index (χ1n) is 5.94. The van der Waals surface area contributed by atoms with E-state index in [0.29, 0.717) is 25.7 Å². The Morgan fingerprint density at radius 1 is 0.895 bits per heavy atom. The number of methoxy groups -OCH3 is 3. The molecule has 6 nitrogen and oxygen atoms in total. The van der Waals surface area contributed by atoms with Crippen molar-refractivity contribution >= 4 is 17.9 Å². The monoisotopic (exact) mass is 272 g/mol. The van der Waals surface area contributed by atoms with Crippen LogP contribution in [0, 0.1) is 5.92 Å². The Kier molecular flexibility index (Phi) is 9.12. The highest BCUT2D eigenvalue weighted by Gasteiger charge is 2.27. The number of carbonyl (C=O) groups excluding carboxylic acids is 3. The molecule has 0 aromatic heterocycles. The molecule has 0 amide bonds. The molecule has 0 bridgehead atoms. The molecule has 0 saturated heterocycles. The first kappa shape index (κ1) is 17.2. The molecule has 108 valence electrons. The van der Waals surface area contributed by atoms with Gasteiger partial charge in [0.25, 0.3) is 0 Å². The lowest BCUT2D eigenvalue weighted by atomic mass is 10.0. The quantitative estimate of drug-likeness (QED) is 0.286. The topological polar surface area (TPSA) is 78.9 Å². The van der Waals surface area contributed by atoms with E-state index in [-0.39, 0.29) is 5.97 Å². The second-order valence-electron chi connectivity index (χ2n) is 3.76. The SMILES string of the molecule is COC(=O)CC/C=C/CCC(C(=O)OC)C(=O)OC. The van der Waals surface area contributed by atoms with Crippen molar-refractivity contribution in [3.8, 4) is 0 Å². The van der Waals surface area contributed by atoms with Crippen LogP contribution in [0.4, 0.5) is 0 Å². The second kappa shape index (κ2) is 10.1. The summed E-state index contributed by atoms with van der Waals surface area (Å²) in [5, 5.41) is 0. The lowest BCUT2D eigenvalue weighted by Crippen LogP contribution is -2.26. The molecular formula is C13H20O6. The molecule has 0 unspecified atom stereocenters. The van der Waals surface area contributed by atoms with Crippen molar-refractivity contribution in [1.29, 1.82) is 0 Å². The molecule has 0 aromatic rings. The van der Waals surface area contributed by atoms with Crippen molar-refractivity contribution in [3.63, 3.8) is 0 Å². The van der Waals surface area contributed by atoms with Crippen LogP contribution in [-0.4, -0.2) is 39.2 Å². The molecular weight excluding hydrogens is 252 g/mol. The maximum Gasteiger partial charge on any atom is 0.320 e. The van der Waals surface area contributed by atoms with Crippen LogP contribution in [-0.2, 0) is 28.6 Å². The van der Waals surface area contributed by atoms with E-state index in [1.807, 2.05) is 12.2 Å². The van der Waals surface area contributed by atoms with Crippen LogP contribution < -0.4 is 0 Å². The van der Waals surface area contributed by atoms with Gasteiger partial charge in [-0.1, -0.05) is 12.2 Å². The summed E-state index contributed by atoms with van der Waals surface area (Å²) in [5.41, 5.74) is 0. The Bertz CT molecular complexity index is 318. The first-order chi connectivity index (χ1) is 9.06. The highest BCUT2D eigenvalue weighted by molar-refractivity contribution is 5.94. The molecule has 0 spiro atoms. The van der Waals surface area contributed by atoms with Gasteiger partial charge < -0.3 is 14.2 Å². The van der Waals surface area contributed by atoms with Crippen molar-refractivity contribution in [1.82, 2.24) is 0 Å². The molecule has 0 aliphatic rings. The van der Waals surface area contributed by atoms with Gasteiger partial charge in [0.15, 0.2) is 5.92 Å². The third-order valence-corrected chi connectivity index (χ3v) is 2.50. The van der Waals surface area contributed by atoms with E-state index in [0.717, 1.165) is 0 Å². The maximum absolute atomic E-state index is 11.4.